The molecule has 0 fully saturated rings. The van der Waals surface area contributed by atoms with Crippen LogP contribution in [0.15, 0.2) is 24.3 Å². The average Bonchev–Trinajstić information content (AvgIpc) is 2.29. The summed E-state index contributed by atoms with van der Waals surface area (Å²) in [5.74, 6) is 0.0752. The van der Waals surface area contributed by atoms with Crippen molar-refractivity contribution in [1.29, 1.82) is 0 Å². The smallest absolute Gasteiger partial charge is 0.224 e. The molecule has 0 spiro atoms. The quantitative estimate of drug-likeness (QED) is 0.801. The van der Waals surface area contributed by atoms with Crippen LogP contribution in [0.25, 0.3) is 0 Å². The first-order valence-corrected chi connectivity index (χ1v) is 6.90. The summed E-state index contributed by atoms with van der Waals surface area (Å²) in [7, 11) is 0. The topological polar surface area (TPSA) is 55.1 Å². The van der Waals surface area contributed by atoms with Gasteiger partial charge in [-0.3, -0.25) is 4.79 Å². The van der Waals surface area contributed by atoms with E-state index < -0.39 is 0 Å². The van der Waals surface area contributed by atoms with E-state index in [0.717, 1.165) is 24.1 Å². The van der Waals surface area contributed by atoms with Crippen molar-refractivity contribution in [2.45, 2.75) is 53.0 Å². The van der Waals surface area contributed by atoms with Gasteiger partial charge in [0.15, 0.2) is 0 Å². The average molecular weight is 262 g/mol. The third kappa shape index (κ3) is 6.85. The summed E-state index contributed by atoms with van der Waals surface area (Å²) in [6, 6.07) is 7.67. The predicted octanol–water partition coefficient (Wildman–Crippen LogP) is 3.14. The molecular weight excluding hydrogens is 236 g/mol. The van der Waals surface area contributed by atoms with Crippen LogP contribution in [0, 0.1) is 5.41 Å². The van der Waals surface area contributed by atoms with Gasteiger partial charge >= 0.3 is 0 Å². The highest BCUT2D eigenvalue weighted by molar-refractivity contribution is 5.78. The molecule has 19 heavy (non-hydrogen) atoms. The second-order valence-corrected chi connectivity index (χ2v) is 6.49. The van der Waals surface area contributed by atoms with Crippen LogP contribution in [0.3, 0.4) is 0 Å². The van der Waals surface area contributed by atoms with Crippen LogP contribution in [0.2, 0.25) is 0 Å². The second kappa shape index (κ2) is 6.60. The van der Waals surface area contributed by atoms with E-state index in [2.05, 4.69) is 33.0 Å². The standard InChI is InChI=1S/C16H26N2O/c1-12(9-10-16(2,3)4)18-15(19)11-13-5-7-14(17)8-6-13/h5-8,12H,9-11,17H2,1-4H3,(H,18,19). The highest BCUT2D eigenvalue weighted by atomic mass is 16.1. The summed E-state index contributed by atoms with van der Waals surface area (Å²) in [4.78, 5) is 11.9. The van der Waals surface area contributed by atoms with Crippen LogP contribution in [0.4, 0.5) is 5.69 Å². The van der Waals surface area contributed by atoms with Gasteiger partial charge in [-0.1, -0.05) is 32.9 Å². The van der Waals surface area contributed by atoms with E-state index in [-0.39, 0.29) is 11.9 Å². The zero-order valence-corrected chi connectivity index (χ0v) is 12.5. The molecule has 0 aliphatic heterocycles. The SMILES string of the molecule is CC(CCC(C)(C)C)NC(=O)Cc1ccc(N)cc1. The fraction of sp³-hybridized carbons (Fsp3) is 0.562. The van der Waals surface area contributed by atoms with Crippen LogP contribution >= 0.6 is 0 Å². The molecule has 0 bridgehead atoms. The van der Waals surface area contributed by atoms with Crippen molar-refractivity contribution in [2.24, 2.45) is 5.41 Å². The molecule has 1 rings (SSSR count). The third-order valence-corrected chi connectivity index (χ3v) is 3.08. The maximum atomic E-state index is 11.9. The lowest BCUT2D eigenvalue weighted by atomic mass is 9.89. The van der Waals surface area contributed by atoms with E-state index in [1.54, 1.807) is 0 Å². The molecule has 0 saturated heterocycles. The van der Waals surface area contributed by atoms with Crippen molar-refractivity contribution < 1.29 is 4.79 Å². The summed E-state index contributed by atoms with van der Waals surface area (Å²) in [6.45, 7) is 8.72. The minimum atomic E-state index is 0.0752. The molecule has 1 aromatic carbocycles. The van der Waals surface area contributed by atoms with Crippen molar-refractivity contribution in [3.63, 3.8) is 0 Å². The normalized spacial score (nSPS) is 13.1. The number of hydrogen-bond acceptors (Lipinski definition) is 2. The Kier molecular flexibility index (Phi) is 5.40. The number of carbonyl (C=O) groups excluding carboxylic acids is 1. The van der Waals surface area contributed by atoms with E-state index in [4.69, 9.17) is 5.73 Å². The molecule has 0 aliphatic rings. The Morgan fingerprint density at radius 2 is 1.84 bits per heavy atom. The van der Waals surface area contributed by atoms with E-state index in [1.165, 1.54) is 0 Å². The van der Waals surface area contributed by atoms with Crippen molar-refractivity contribution in [1.82, 2.24) is 5.32 Å². The van der Waals surface area contributed by atoms with Crippen molar-refractivity contribution in [2.75, 3.05) is 5.73 Å². The van der Waals surface area contributed by atoms with Crippen molar-refractivity contribution >= 4 is 11.6 Å². The molecule has 1 atom stereocenters. The minimum absolute atomic E-state index is 0.0752. The van der Waals surface area contributed by atoms with E-state index in [1.807, 2.05) is 24.3 Å². The molecule has 0 heterocycles. The maximum Gasteiger partial charge on any atom is 0.224 e. The predicted molar refractivity (Wildman–Crippen MR) is 80.9 cm³/mol. The summed E-state index contributed by atoms with van der Waals surface area (Å²) < 4.78 is 0. The van der Waals surface area contributed by atoms with Crippen LogP contribution < -0.4 is 11.1 Å². The maximum absolute atomic E-state index is 11.9. The van der Waals surface area contributed by atoms with Gasteiger partial charge in [0.2, 0.25) is 5.91 Å². The number of hydrogen-bond donors (Lipinski definition) is 2. The molecule has 3 nitrogen and oxygen atoms in total. The van der Waals surface area contributed by atoms with Crippen LogP contribution in [0.5, 0.6) is 0 Å². The number of nitrogen functional groups attached to an aromatic ring is 1. The molecular formula is C16H26N2O. The second-order valence-electron chi connectivity index (χ2n) is 6.49. The first-order chi connectivity index (χ1) is 8.76. The summed E-state index contributed by atoms with van der Waals surface area (Å²) in [5, 5.41) is 3.05. The summed E-state index contributed by atoms with van der Waals surface area (Å²) >= 11 is 0. The van der Waals surface area contributed by atoms with E-state index in [0.29, 0.717) is 11.8 Å². The van der Waals surface area contributed by atoms with Gasteiger partial charge in [-0.05, 0) is 42.9 Å². The van der Waals surface area contributed by atoms with Gasteiger partial charge in [-0.2, -0.15) is 0 Å². The van der Waals surface area contributed by atoms with Gasteiger partial charge in [0.1, 0.15) is 0 Å². The van der Waals surface area contributed by atoms with Gasteiger partial charge in [0, 0.05) is 11.7 Å². The first-order valence-electron chi connectivity index (χ1n) is 6.90. The Balaban J connectivity index is 2.36. The zero-order valence-electron chi connectivity index (χ0n) is 12.5. The molecule has 0 saturated carbocycles. The highest BCUT2D eigenvalue weighted by Gasteiger charge is 2.14. The molecule has 1 amide bonds. The number of rotatable bonds is 5. The Labute approximate surface area is 116 Å². The summed E-state index contributed by atoms with van der Waals surface area (Å²) in [6.07, 6.45) is 2.54. The number of carbonyl (C=O) groups is 1. The van der Waals surface area contributed by atoms with Gasteiger partial charge in [0.25, 0.3) is 0 Å². The molecule has 1 unspecified atom stereocenters. The molecule has 3 heteroatoms. The molecule has 0 aromatic heterocycles. The number of amides is 1. The molecule has 1 aromatic rings. The number of nitrogens with two attached hydrogens (primary N) is 1. The first kappa shape index (κ1) is 15.5. The van der Waals surface area contributed by atoms with Crippen LogP contribution in [0.1, 0.15) is 46.1 Å². The Bertz CT molecular complexity index is 404. The van der Waals surface area contributed by atoms with Crippen LogP contribution in [-0.4, -0.2) is 11.9 Å². The zero-order chi connectivity index (χ0) is 14.5. The lowest BCUT2D eigenvalue weighted by molar-refractivity contribution is -0.121. The number of benzene rings is 1. The number of nitrogens with one attached hydrogen (secondary N) is 1. The largest absolute Gasteiger partial charge is 0.399 e. The summed E-state index contributed by atoms with van der Waals surface area (Å²) in [5.41, 5.74) is 7.65. The lowest BCUT2D eigenvalue weighted by Gasteiger charge is -2.21. The molecule has 0 radical (unpaired) electrons. The molecule has 3 N–H and O–H groups in total. The van der Waals surface area contributed by atoms with E-state index >= 15 is 0 Å². The van der Waals surface area contributed by atoms with Gasteiger partial charge in [-0.15, -0.1) is 0 Å². The molecule has 106 valence electrons. The minimum Gasteiger partial charge on any atom is -0.399 e. The Hall–Kier alpha value is -1.51. The molecule has 0 aliphatic carbocycles. The number of anilines is 1. The fourth-order valence-corrected chi connectivity index (χ4v) is 1.87. The van der Waals surface area contributed by atoms with Crippen molar-refractivity contribution in [3.05, 3.63) is 29.8 Å². The third-order valence-electron chi connectivity index (χ3n) is 3.08. The van der Waals surface area contributed by atoms with Gasteiger partial charge in [0.05, 0.1) is 6.42 Å². The van der Waals surface area contributed by atoms with Crippen molar-refractivity contribution in [3.8, 4) is 0 Å². The monoisotopic (exact) mass is 262 g/mol. The highest BCUT2D eigenvalue weighted by Crippen LogP contribution is 2.21. The Morgan fingerprint density at radius 3 is 2.37 bits per heavy atom. The van der Waals surface area contributed by atoms with E-state index in [9.17, 15) is 4.79 Å². The fourth-order valence-electron chi connectivity index (χ4n) is 1.87. The van der Waals surface area contributed by atoms with Gasteiger partial charge in [-0.25, -0.2) is 0 Å². The lowest BCUT2D eigenvalue weighted by Crippen LogP contribution is -2.34. The Morgan fingerprint density at radius 1 is 1.26 bits per heavy atom. The van der Waals surface area contributed by atoms with Crippen LogP contribution in [-0.2, 0) is 11.2 Å². The van der Waals surface area contributed by atoms with Gasteiger partial charge < -0.3 is 11.1 Å².